The van der Waals surface area contributed by atoms with E-state index in [9.17, 15) is 14.3 Å². The van der Waals surface area contributed by atoms with Crippen LogP contribution in [0, 0.1) is 12.7 Å². The standard InChI is InChI=1S/C23H19FN2O2/c1-15-9-11-16(12-10-15)22-19-7-2-3-8-20(19)23(28)26(25-22)14-21(27)17-5-4-6-18(24)13-17/h2-13,21,27H,14H2,1H3. The van der Waals surface area contributed by atoms with Gasteiger partial charge in [0.05, 0.1) is 23.7 Å². The number of benzene rings is 3. The van der Waals surface area contributed by atoms with E-state index in [2.05, 4.69) is 5.10 Å². The van der Waals surface area contributed by atoms with E-state index in [1.54, 1.807) is 18.2 Å². The molecule has 1 N–H and O–H groups in total. The van der Waals surface area contributed by atoms with Gasteiger partial charge in [-0.3, -0.25) is 4.79 Å². The molecule has 0 bridgehead atoms. The van der Waals surface area contributed by atoms with Crippen LogP contribution in [0.15, 0.2) is 77.6 Å². The number of fused-ring (bicyclic) bond motifs is 1. The van der Waals surface area contributed by atoms with Gasteiger partial charge in [-0.15, -0.1) is 0 Å². The third-order valence-electron chi connectivity index (χ3n) is 4.77. The number of aliphatic hydroxyl groups excluding tert-OH is 1. The summed E-state index contributed by atoms with van der Waals surface area (Å²) in [5.41, 5.74) is 2.79. The van der Waals surface area contributed by atoms with Gasteiger partial charge in [-0.1, -0.05) is 60.2 Å². The Balaban J connectivity index is 1.83. The minimum Gasteiger partial charge on any atom is -0.386 e. The maximum Gasteiger partial charge on any atom is 0.274 e. The van der Waals surface area contributed by atoms with Crippen LogP contribution in [0.3, 0.4) is 0 Å². The van der Waals surface area contributed by atoms with E-state index in [0.29, 0.717) is 16.6 Å². The minimum atomic E-state index is -1.05. The zero-order valence-corrected chi connectivity index (χ0v) is 15.3. The van der Waals surface area contributed by atoms with Gasteiger partial charge in [-0.2, -0.15) is 5.10 Å². The van der Waals surface area contributed by atoms with Gasteiger partial charge in [0.15, 0.2) is 0 Å². The molecule has 0 saturated carbocycles. The molecule has 1 heterocycles. The van der Waals surface area contributed by atoms with E-state index in [0.717, 1.165) is 16.5 Å². The molecule has 0 fully saturated rings. The van der Waals surface area contributed by atoms with Crippen LogP contribution >= 0.6 is 0 Å². The summed E-state index contributed by atoms with van der Waals surface area (Å²) in [5.74, 6) is -0.435. The van der Waals surface area contributed by atoms with Crippen LogP contribution in [0.4, 0.5) is 4.39 Å². The molecule has 1 aromatic heterocycles. The maximum absolute atomic E-state index is 13.5. The quantitative estimate of drug-likeness (QED) is 0.581. The monoisotopic (exact) mass is 374 g/mol. The predicted molar refractivity (Wildman–Crippen MR) is 108 cm³/mol. The Morgan fingerprint density at radius 3 is 2.43 bits per heavy atom. The molecule has 0 spiro atoms. The van der Waals surface area contributed by atoms with E-state index in [4.69, 9.17) is 0 Å². The summed E-state index contributed by atoms with van der Waals surface area (Å²) in [6.07, 6.45) is -1.05. The molecular weight excluding hydrogens is 355 g/mol. The Morgan fingerprint density at radius 2 is 1.71 bits per heavy atom. The maximum atomic E-state index is 13.5. The number of aromatic nitrogens is 2. The average molecular weight is 374 g/mol. The van der Waals surface area contributed by atoms with E-state index in [1.165, 1.54) is 22.9 Å². The zero-order chi connectivity index (χ0) is 19.7. The van der Waals surface area contributed by atoms with Gasteiger partial charge in [0, 0.05) is 10.9 Å². The van der Waals surface area contributed by atoms with E-state index in [-0.39, 0.29) is 12.1 Å². The summed E-state index contributed by atoms with van der Waals surface area (Å²) >= 11 is 0. The third-order valence-corrected chi connectivity index (χ3v) is 4.77. The van der Waals surface area contributed by atoms with Crippen molar-refractivity contribution in [1.82, 2.24) is 9.78 Å². The number of hydrogen-bond acceptors (Lipinski definition) is 3. The first-order valence-electron chi connectivity index (χ1n) is 9.03. The molecule has 1 unspecified atom stereocenters. The summed E-state index contributed by atoms with van der Waals surface area (Å²) in [7, 11) is 0. The average Bonchev–Trinajstić information content (AvgIpc) is 2.71. The molecule has 4 rings (SSSR count). The van der Waals surface area contributed by atoms with Crippen molar-refractivity contribution in [2.24, 2.45) is 0 Å². The van der Waals surface area contributed by atoms with Crippen molar-refractivity contribution in [1.29, 1.82) is 0 Å². The third kappa shape index (κ3) is 3.44. The smallest absolute Gasteiger partial charge is 0.274 e. The van der Waals surface area contributed by atoms with Crippen molar-refractivity contribution >= 4 is 10.8 Å². The Bertz CT molecular complexity index is 1200. The second kappa shape index (κ2) is 7.37. The summed E-state index contributed by atoms with van der Waals surface area (Å²) in [4.78, 5) is 12.9. The van der Waals surface area contributed by atoms with Crippen LogP contribution in [0.1, 0.15) is 17.2 Å². The van der Waals surface area contributed by atoms with Gasteiger partial charge in [0.2, 0.25) is 0 Å². The molecule has 0 amide bonds. The SMILES string of the molecule is Cc1ccc(-c2nn(CC(O)c3cccc(F)c3)c(=O)c3ccccc23)cc1. The molecule has 28 heavy (non-hydrogen) atoms. The predicted octanol–water partition coefficient (Wildman–Crippen LogP) is 4.24. The summed E-state index contributed by atoms with van der Waals surface area (Å²) in [6.45, 7) is 1.94. The second-order valence-corrected chi connectivity index (χ2v) is 6.82. The summed E-state index contributed by atoms with van der Waals surface area (Å²) in [6, 6.07) is 20.9. The molecule has 140 valence electrons. The Morgan fingerprint density at radius 1 is 1.00 bits per heavy atom. The highest BCUT2D eigenvalue weighted by Crippen LogP contribution is 2.25. The number of nitrogens with zero attached hydrogens (tertiary/aromatic N) is 2. The molecule has 0 radical (unpaired) electrons. The van der Waals surface area contributed by atoms with Crippen molar-refractivity contribution in [2.75, 3.05) is 0 Å². The normalized spacial score (nSPS) is 12.2. The lowest BCUT2D eigenvalue weighted by Crippen LogP contribution is -2.26. The largest absolute Gasteiger partial charge is 0.386 e. The Labute approximate surface area is 161 Å². The van der Waals surface area contributed by atoms with Crippen LogP contribution in [-0.4, -0.2) is 14.9 Å². The number of rotatable bonds is 4. The van der Waals surface area contributed by atoms with E-state index in [1.807, 2.05) is 43.3 Å². The Hall–Kier alpha value is -3.31. The highest BCUT2D eigenvalue weighted by molar-refractivity contribution is 5.93. The molecule has 0 saturated heterocycles. The first-order valence-corrected chi connectivity index (χ1v) is 9.03. The van der Waals surface area contributed by atoms with Crippen molar-refractivity contribution in [2.45, 2.75) is 19.6 Å². The summed E-state index contributed by atoms with van der Waals surface area (Å²) < 4.78 is 14.7. The van der Waals surface area contributed by atoms with Gasteiger partial charge in [-0.25, -0.2) is 9.07 Å². The fourth-order valence-corrected chi connectivity index (χ4v) is 3.27. The van der Waals surface area contributed by atoms with Crippen LogP contribution in [0.5, 0.6) is 0 Å². The molecule has 0 aliphatic heterocycles. The lowest BCUT2D eigenvalue weighted by atomic mass is 10.0. The first kappa shape index (κ1) is 18.1. The fourth-order valence-electron chi connectivity index (χ4n) is 3.27. The molecule has 0 aliphatic carbocycles. The number of halogens is 1. The topological polar surface area (TPSA) is 55.1 Å². The van der Waals surface area contributed by atoms with Gasteiger partial charge >= 0.3 is 0 Å². The van der Waals surface area contributed by atoms with Gasteiger partial charge in [-0.05, 0) is 30.7 Å². The van der Waals surface area contributed by atoms with Crippen molar-refractivity contribution in [3.8, 4) is 11.3 Å². The highest BCUT2D eigenvalue weighted by Gasteiger charge is 2.16. The van der Waals surface area contributed by atoms with Crippen molar-refractivity contribution in [3.05, 3.63) is 100 Å². The fraction of sp³-hybridized carbons (Fsp3) is 0.130. The van der Waals surface area contributed by atoms with Gasteiger partial charge in [0.1, 0.15) is 5.82 Å². The van der Waals surface area contributed by atoms with Crippen LogP contribution in [0.25, 0.3) is 22.0 Å². The zero-order valence-electron chi connectivity index (χ0n) is 15.3. The lowest BCUT2D eigenvalue weighted by molar-refractivity contribution is 0.149. The van der Waals surface area contributed by atoms with E-state index >= 15 is 0 Å². The highest BCUT2D eigenvalue weighted by atomic mass is 19.1. The molecule has 4 aromatic rings. The van der Waals surface area contributed by atoms with Crippen molar-refractivity contribution < 1.29 is 9.50 Å². The van der Waals surface area contributed by atoms with E-state index < -0.39 is 11.9 Å². The van der Waals surface area contributed by atoms with Crippen LogP contribution in [-0.2, 0) is 6.54 Å². The second-order valence-electron chi connectivity index (χ2n) is 6.82. The summed E-state index contributed by atoms with van der Waals surface area (Å²) in [5, 5.41) is 16.3. The molecule has 0 aliphatic rings. The minimum absolute atomic E-state index is 0.0635. The van der Waals surface area contributed by atoms with Gasteiger partial charge in [0.25, 0.3) is 5.56 Å². The molecule has 5 heteroatoms. The lowest BCUT2D eigenvalue weighted by Gasteiger charge is -2.15. The number of aryl methyl sites for hydroxylation is 1. The number of aliphatic hydroxyl groups is 1. The molecule has 1 atom stereocenters. The Kier molecular flexibility index (Phi) is 4.75. The molecular formula is C23H19FN2O2. The first-order chi connectivity index (χ1) is 13.5. The molecule has 3 aromatic carbocycles. The van der Waals surface area contributed by atoms with Crippen molar-refractivity contribution in [3.63, 3.8) is 0 Å². The van der Waals surface area contributed by atoms with Gasteiger partial charge < -0.3 is 5.11 Å². The van der Waals surface area contributed by atoms with Crippen LogP contribution < -0.4 is 5.56 Å². The number of hydrogen-bond donors (Lipinski definition) is 1. The van der Waals surface area contributed by atoms with Crippen LogP contribution in [0.2, 0.25) is 0 Å². The molecule has 4 nitrogen and oxygen atoms in total.